The summed E-state index contributed by atoms with van der Waals surface area (Å²) in [5.74, 6) is -1.87. The third-order valence-electron chi connectivity index (χ3n) is 3.21. The van der Waals surface area contributed by atoms with Crippen molar-refractivity contribution in [2.45, 2.75) is 13.3 Å². The summed E-state index contributed by atoms with van der Waals surface area (Å²) >= 11 is 0. The van der Waals surface area contributed by atoms with Gasteiger partial charge in [-0.15, -0.1) is 0 Å². The number of amides is 1. The number of anilines is 1. The van der Waals surface area contributed by atoms with Crippen molar-refractivity contribution < 1.29 is 23.5 Å². The fraction of sp³-hybridized carbons (Fsp3) is 0.167. The zero-order chi connectivity index (χ0) is 17.5. The Kier molecular flexibility index (Phi) is 5.78. The van der Waals surface area contributed by atoms with Crippen molar-refractivity contribution in [2.75, 3.05) is 11.9 Å². The molecule has 0 saturated carbocycles. The maximum atomic E-state index is 13.4. The molecule has 2 aromatic carbocycles. The first kappa shape index (κ1) is 17.3. The molecule has 24 heavy (non-hydrogen) atoms. The first-order valence-electron chi connectivity index (χ1n) is 7.25. The molecule has 1 N–H and O–H groups in total. The number of benzene rings is 2. The van der Waals surface area contributed by atoms with E-state index in [1.807, 2.05) is 0 Å². The lowest BCUT2D eigenvalue weighted by atomic mass is 10.1. The van der Waals surface area contributed by atoms with E-state index < -0.39 is 24.3 Å². The van der Waals surface area contributed by atoms with E-state index in [-0.39, 0.29) is 17.8 Å². The third-order valence-corrected chi connectivity index (χ3v) is 3.21. The minimum atomic E-state index is -0.701. The van der Waals surface area contributed by atoms with Crippen molar-refractivity contribution in [1.82, 2.24) is 0 Å². The van der Waals surface area contributed by atoms with Gasteiger partial charge in [0.05, 0.1) is 6.42 Å². The number of esters is 1. The van der Waals surface area contributed by atoms with Crippen LogP contribution in [0.15, 0.2) is 48.5 Å². The number of ketones is 1. The van der Waals surface area contributed by atoms with Gasteiger partial charge in [-0.2, -0.15) is 0 Å². The number of hydrogen-bond acceptors (Lipinski definition) is 4. The Morgan fingerprint density at radius 2 is 1.83 bits per heavy atom. The molecule has 5 nitrogen and oxygen atoms in total. The van der Waals surface area contributed by atoms with E-state index >= 15 is 0 Å². The van der Waals surface area contributed by atoms with E-state index in [2.05, 4.69) is 5.32 Å². The second-order valence-corrected chi connectivity index (χ2v) is 5.11. The molecular weight excluding hydrogens is 313 g/mol. The largest absolute Gasteiger partial charge is 0.455 e. The number of nitrogens with one attached hydrogen (secondary N) is 1. The Balaban J connectivity index is 1.85. The van der Waals surface area contributed by atoms with Gasteiger partial charge in [-0.25, -0.2) is 4.39 Å². The summed E-state index contributed by atoms with van der Waals surface area (Å²) in [4.78, 5) is 34.7. The molecule has 2 rings (SSSR count). The van der Waals surface area contributed by atoms with Gasteiger partial charge in [0.15, 0.2) is 12.4 Å². The van der Waals surface area contributed by atoms with Crippen LogP contribution in [-0.2, 0) is 20.7 Å². The van der Waals surface area contributed by atoms with Crippen molar-refractivity contribution >= 4 is 23.3 Å². The molecule has 0 heterocycles. The van der Waals surface area contributed by atoms with Crippen LogP contribution < -0.4 is 5.32 Å². The smallest absolute Gasteiger partial charge is 0.310 e. The Hall–Kier alpha value is -3.02. The van der Waals surface area contributed by atoms with Gasteiger partial charge in [-0.05, 0) is 30.7 Å². The number of halogens is 1. The minimum absolute atomic E-state index is 0.123. The SMILES string of the molecule is CC(=O)c1cccc(NC(=O)COC(=O)Cc2ccccc2F)c1. The molecule has 124 valence electrons. The molecule has 0 radical (unpaired) electrons. The predicted molar refractivity (Wildman–Crippen MR) is 86.1 cm³/mol. The quantitative estimate of drug-likeness (QED) is 0.653. The average Bonchev–Trinajstić information content (AvgIpc) is 2.55. The number of rotatable bonds is 6. The highest BCUT2D eigenvalue weighted by Crippen LogP contribution is 2.11. The highest BCUT2D eigenvalue weighted by molar-refractivity contribution is 5.97. The number of carbonyl (C=O) groups is 3. The standard InChI is InChI=1S/C18H16FNO4/c1-12(21)13-6-4-7-15(9-13)20-17(22)11-24-18(23)10-14-5-2-3-8-16(14)19/h2-9H,10-11H2,1H3,(H,20,22). The number of ether oxygens (including phenoxy) is 1. The second-order valence-electron chi connectivity index (χ2n) is 5.11. The number of hydrogen-bond donors (Lipinski definition) is 1. The van der Waals surface area contributed by atoms with E-state index in [1.54, 1.807) is 24.3 Å². The van der Waals surface area contributed by atoms with Crippen LogP contribution in [0.2, 0.25) is 0 Å². The van der Waals surface area contributed by atoms with Crippen LogP contribution in [-0.4, -0.2) is 24.3 Å². The summed E-state index contributed by atoms with van der Waals surface area (Å²) in [6.07, 6.45) is -0.250. The zero-order valence-electron chi connectivity index (χ0n) is 13.0. The molecule has 0 aromatic heterocycles. The fourth-order valence-electron chi connectivity index (χ4n) is 2.01. The molecule has 0 aliphatic rings. The van der Waals surface area contributed by atoms with Gasteiger partial charge in [-0.3, -0.25) is 14.4 Å². The fourth-order valence-corrected chi connectivity index (χ4v) is 2.01. The van der Waals surface area contributed by atoms with Crippen molar-refractivity contribution in [1.29, 1.82) is 0 Å². The summed E-state index contributed by atoms with van der Waals surface area (Å²) in [7, 11) is 0. The summed E-state index contributed by atoms with van der Waals surface area (Å²) < 4.78 is 18.3. The monoisotopic (exact) mass is 329 g/mol. The summed E-state index contributed by atoms with van der Waals surface area (Å²) in [6.45, 7) is 0.934. The van der Waals surface area contributed by atoms with E-state index in [1.165, 1.54) is 31.2 Å². The van der Waals surface area contributed by atoms with Crippen LogP contribution in [0.5, 0.6) is 0 Å². The lowest BCUT2D eigenvalue weighted by molar-refractivity contribution is -0.146. The normalized spacial score (nSPS) is 10.1. The molecule has 0 saturated heterocycles. The predicted octanol–water partition coefficient (Wildman–Crippen LogP) is 2.75. The van der Waals surface area contributed by atoms with Gasteiger partial charge in [-0.1, -0.05) is 30.3 Å². The Bertz CT molecular complexity index is 773. The second kappa shape index (κ2) is 8.01. The highest BCUT2D eigenvalue weighted by atomic mass is 19.1. The highest BCUT2D eigenvalue weighted by Gasteiger charge is 2.11. The van der Waals surface area contributed by atoms with Crippen molar-refractivity contribution in [3.63, 3.8) is 0 Å². The van der Waals surface area contributed by atoms with Gasteiger partial charge in [0, 0.05) is 11.3 Å². The molecule has 1 amide bonds. The van der Waals surface area contributed by atoms with Crippen LogP contribution in [0.4, 0.5) is 10.1 Å². The molecule has 0 aliphatic carbocycles. The first-order chi connectivity index (χ1) is 11.5. The lowest BCUT2D eigenvalue weighted by Gasteiger charge is -2.08. The van der Waals surface area contributed by atoms with Gasteiger partial charge in [0.1, 0.15) is 5.82 Å². The summed E-state index contributed by atoms with van der Waals surface area (Å²) in [5, 5.41) is 2.53. The Morgan fingerprint density at radius 3 is 2.54 bits per heavy atom. The molecule has 0 unspecified atom stereocenters. The van der Waals surface area contributed by atoms with Crippen LogP contribution in [0.25, 0.3) is 0 Å². The molecule has 0 bridgehead atoms. The number of carbonyl (C=O) groups excluding carboxylic acids is 3. The van der Waals surface area contributed by atoms with Crippen LogP contribution in [0, 0.1) is 5.82 Å². The lowest BCUT2D eigenvalue weighted by Crippen LogP contribution is -2.22. The van der Waals surface area contributed by atoms with Gasteiger partial charge in [0.25, 0.3) is 5.91 Å². The average molecular weight is 329 g/mol. The molecule has 0 aliphatic heterocycles. The van der Waals surface area contributed by atoms with E-state index in [4.69, 9.17) is 4.74 Å². The van der Waals surface area contributed by atoms with E-state index in [9.17, 15) is 18.8 Å². The van der Waals surface area contributed by atoms with Crippen LogP contribution in [0.3, 0.4) is 0 Å². The topological polar surface area (TPSA) is 72.5 Å². The van der Waals surface area contributed by atoms with Crippen molar-refractivity contribution in [3.05, 3.63) is 65.5 Å². The van der Waals surface area contributed by atoms with Crippen LogP contribution >= 0.6 is 0 Å². The van der Waals surface area contributed by atoms with Gasteiger partial charge >= 0.3 is 5.97 Å². The molecule has 0 fully saturated rings. The molecular formula is C18H16FNO4. The minimum Gasteiger partial charge on any atom is -0.455 e. The van der Waals surface area contributed by atoms with Crippen molar-refractivity contribution in [2.24, 2.45) is 0 Å². The molecule has 6 heteroatoms. The Morgan fingerprint density at radius 1 is 1.08 bits per heavy atom. The first-order valence-corrected chi connectivity index (χ1v) is 7.25. The maximum Gasteiger partial charge on any atom is 0.310 e. The number of Topliss-reactive ketones (excluding diaryl/α,β-unsaturated/α-hetero) is 1. The third kappa shape index (κ3) is 5.01. The molecule has 2 aromatic rings. The van der Waals surface area contributed by atoms with Gasteiger partial charge in [0.2, 0.25) is 0 Å². The zero-order valence-corrected chi connectivity index (χ0v) is 13.0. The summed E-state index contributed by atoms with van der Waals surface area (Å²) in [6, 6.07) is 12.3. The van der Waals surface area contributed by atoms with E-state index in [0.29, 0.717) is 11.3 Å². The maximum absolute atomic E-state index is 13.4. The van der Waals surface area contributed by atoms with Gasteiger partial charge < -0.3 is 10.1 Å². The molecule has 0 atom stereocenters. The van der Waals surface area contributed by atoms with Crippen LogP contribution in [0.1, 0.15) is 22.8 Å². The van der Waals surface area contributed by atoms with Crippen molar-refractivity contribution in [3.8, 4) is 0 Å². The molecule has 0 spiro atoms. The Labute approximate surface area is 138 Å². The van der Waals surface area contributed by atoms with E-state index in [0.717, 1.165) is 0 Å². The summed E-state index contributed by atoms with van der Waals surface area (Å²) in [5.41, 5.74) is 1.10.